The molecular formula is C12H19N3O3. The Labute approximate surface area is 106 Å². The summed E-state index contributed by atoms with van der Waals surface area (Å²) in [4.78, 5) is 13.9. The van der Waals surface area contributed by atoms with E-state index >= 15 is 0 Å². The number of urea groups is 1. The first-order valence-electron chi connectivity index (χ1n) is 6.36. The van der Waals surface area contributed by atoms with Gasteiger partial charge in [0, 0.05) is 25.3 Å². The van der Waals surface area contributed by atoms with Crippen molar-refractivity contribution >= 4 is 6.03 Å². The van der Waals surface area contributed by atoms with Crippen LogP contribution in [0.5, 0.6) is 0 Å². The van der Waals surface area contributed by atoms with E-state index in [9.17, 15) is 4.79 Å². The number of hydrogen-bond donors (Lipinski definition) is 2. The third-order valence-electron chi connectivity index (χ3n) is 3.26. The summed E-state index contributed by atoms with van der Waals surface area (Å²) in [6.45, 7) is 1.25. The summed E-state index contributed by atoms with van der Waals surface area (Å²) in [7, 11) is 0. The standard InChI is InChI=1S/C12H19N3O3/c16-7-4-11-3-1-2-6-15(11)12(17)13-9-10-5-8-18-14-10/h5,8,11,16H,1-4,6-7,9H2,(H,13,17)/t11-/m1/s1. The second-order valence-electron chi connectivity index (χ2n) is 4.50. The fourth-order valence-corrected chi connectivity index (χ4v) is 2.31. The van der Waals surface area contributed by atoms with Crippen molar-refractivity contribution in [3.8, 4) is 0 Å². The second-order valence-corrected chi connectivity index (χ2v) is 4.50. The zero-order chi connectivity index (χ0) is 12.8. The molecule has 6 heteroatoms. The molecule has 1 atom stereocenters. The van der Waals surface area contributed by atoms with Gasteiger partial charge in [-0.25, -0.2) is 4.79 Å². The normalized spacial score (nSPS) is 19.8. The van der Waals surface area contributed by atoms with Crippen LogP contribution in [0.1, 0.15) is 31.4 Å². The minimum Gasteiger partial charge on any atom is -0.396 e. The van der Waals surface area contributed by atoms with Crippen LogP contribution in [-0.2, 0) is 6.54 Å². The lowest BCUT2D eigenvalue weighted by Gasteiger charge is -2.35. The van der Waals surface area contributed by atoms with Crippen LogP contribution < -0.4 is 5.32 Å². The number of rotatable bonds is 4. The van der Waals surface area contributed by atoms with Crippen molar-refractivity contribution in [1.29, 1.82) is 0 Å². The third-order valence-corrected chi connectivity index (χ3v) is 3.26. The molecule has 100 valence electrons. The summed E-state index contributed by atoms with van der Waals surface area (Å²) in [6.07, 6.45) is 5.25. The van der Waals surface area contributed by atoms with Crippen LogP contribution in [-0.4, -0.2) is 40.4 Å². The van der Waals surface area contributed by atoms with Gasteiger partial charge in [-0.05, 0) is 25.7 Å². The Morgan fingerprint density at radius 1 is 1.61 bits per heavy atom. The first-order chi connectivity index (χ1) is 8.81. The number of carbonyl (C=O) groups excluding carboxylic acids is 1. The van der Waals surface area contributed by atoms with Gasteiger partial charge in [0.15, 0.2) is 0 Å². The van der Waals surface area contributed by atoms with E-state index in [-0.39, 0.29) is 18.7 Å². The highest BCUT2D eigenvalue weighted by atomic mass is 16.5. The smallest absolute Gasteiger partial charge is 0.317 e. The summed E-state index contributed by atoms with van der Waals surface area (Å²) < 4.78 is 4.70. The van der Waals surface area contributed by atoms with Crippen molar-refractivity contribution < 1.29 is 14.4 Å². The van der Waals surface area contributed by atoms with Gasteiger partial charge in [-0.1, -0.05) is 5.16 Å². The number of nitrogens with one attached hydrogen (secondary N) is 1. The van der Waals surface area contributed by atoms with Crippen LogP contribution in [0.25, 0.3) is 0 Å². The molecule has 6 nitrogen and oxygen atoms in total. The highest BCUT2D eigenvalue weighted by Crippen LogP contribution is 2.19. The fraction of sp³-hybridized carbons (Fsp3) is 0.667. The minimum atomic E-state index is -0.0869. The van der Waals surface area contributed by atoms with Crippen LogP contribution >= 0.6 is 0 Å². The summed E-state index contributed by atoms with van der Waals surface area (Å²) in [5, 5.41) is 15.6. The van der Waals surface area contributed by atoms with E-state index in [1.165, 1.54) is 6.26 Å². The van der Waals surface area contributed by atoms with Gasteiger partial charge < -0.3 is 19.8 Å². The summed E-state index contributed by atoms with van der Waals surface area (Å²) in [6, 6.07) is 1.79. The molecule has 0 bridgehead atoms. The third kappa shape index (κ3) is 3.22. The van der Waals surface area contributed by atoms with E-state index in [1.54, 1.807) is 6.07 Å². The fourth-order valence-electron chi connectivity index (χ4n) is 2.31. The van der Waals surface area contributed by atoms with Crippen molar-refractivity contribution in [1.82, 2.24) is 15.4 Å². The van der Waals surface area contributed by atoms with Gasteiger partial charge >= 0.3 is 6.03 Å². The molecule has 0 saturated carbocycles. The number of aliphatic hydroxyl groups excluding tert-OH is 1. The number of hydrogen-bond acceptors (Lipinski definition) is 4. The molecule has 2 N–H and O–H groups in total. The van der Waals surface area contributed by atoms with Crippen molar-refractivity contribution in [2.45, 2.75) is 38.3 Å². The monoisotopic (exact) mass is 253 g/mol. The molecular weight excluding hydrogens is 234 g/mol. The van der Waals surface area contributed by atoms with Gasteiger partial charge in [0.1, 0.15) is 12.0 Å². The molecule has 2 rings (SSSR count). The molecule has 18 heavy (non-hydrogen) atoms. The van der Waals surface area contributed by atoms with Gasteiger partial charge in [-0.2, -0.15) is 0 Å². The van der Waals surface area contributed by atoms with Crippen molar-refractivity contribution in [3.63, 3.8) is 0 Å². The predicted molar refractivity (Wildman–Crippen MR) is 64.8 cm³/mol. The maximum Gasteiger partial charge on any atom is 0.317 e. The lowest BCUT2D eigenvalue weighted by Crippen LogP contribution is -2.48. The highest BCUT2D eigenvalue weighted by molar-refractivity contribution is 5.74. The van der Waals surface area contributed by atoms with E-state index in [2.05, 4.69) is 10.5 Å². The molecule has 0 radical (unpaired) electrons. The van der Waals surface area contributed by atoms with E-state index in [4.69, 9.17) is 9.63 Å². The lowest BCUT2D eigenvalue weighted by molar-refractivity contribution is 0.131. The quantitative estimate of drug-likeness (QED) is 0.842. The summed E-state index contributed by atoms with van der Waals surface area (Å²) in [5.41, 5.74) is 0.707. The first-order valence-corrected chi connectivity index (χ1v) is 6.36. The Bertz CT molecular complexity index is 365. The van der Waals surface area contributed by atoms with E-state index in [0.717, 1.165) is 25.8 Å². The topological polar surface area (TPSA) is 78.6 Å². The van der Waals surface area contributed by atoms with Gasteiger partial charge in [-0.3, -0.25) is 0 Å². The molecule has 1 saturated heterocycles. The Balaban J connectivity index is 1.85. The predicted octanol–water partition coefficient (Wildman–Crippen LogP) is 1.12. The molecule has 1 aliphatic rings. The highest BCUT2D eigenvalue weighted by Gasteiger charge is 2.25. The Hall–Kier alpha value is -1.56. The average molecular weight is 253 g/mol. The van der Waals surface area contributed by atoms with Crippen LogP contribution in [0.3, 0.4) is 0 Å². The number of carbonyl (C=O) groups is 1. The number of amides is 2. The van der Waals surface area contributed by atoms with Crippen molar-refractivity contribution in [2.24, 2.45) is 0 Å². The molecule has 1 aromatic rings. The van der Waals surface area contributed by atoms with Gasteiger partial charge in [-0.15, -0.1) is 0 Å². The maximum absolute atomic E-state index is 12.1. The van der Waals surface area contributed by atoms with Gasteiger partial charge in [0.25, 0.3) is 0 Å². The maximum atomic E-state index is 12.1. The molecule has 2 heterocycles. The molecule has 0 aromatic carbocycles. The molecule has 0 unspecified atom stereocenters. The molecule has 0 spiro atoms. The zero-order valence-electron chi connectivity index (χ0n) is 10.3. The Morgan fingerprint density at radius 2 is 2.50 bits per heavy atom. The SMILES string of the molecule is O=C(NCc1ccon1)N1CCCC[C@@H]1CCO. The van der Waals surface area contributed by atoms with E-state index < -0.39 is 0 Å². The summed E-state index contributed by atoms with van der Waals surface area (Å²) >= 11 is 0. The number of aliphatic hydroxyl groups is 1. The van der Waals surface area contributed by atoms with E-state index in [0.29, 0.717) is 18.7 Å². The number of piperidine rings is 1. The zero-order valence-corrected chi connectivity index (χ0v) is 10.3. The van der Waals surface area contributed by atoms with Crippen molar-refractivity contribution in [2.75, 3.05) is 13.2 Å². The molecule has 1 fully saturated rings. The van der Waals surface area contributed by atoms with Crippen LogP contribution in [0.4, 0.5) is 4.79 Å². The van der Waals surface area contributed by atoms with Gasteiger partial charge in [0.05, 0.1) is 6.54 Å². The van der Waals surface area contributed by atoms with Crippen molar-refractivity contribution in [3.05, 3.63) is 18.0 Å². The molecule has 2 amide bonds. The average Bonchev–Trinajstić information content (AvgIpc) is 2.90. The molecule has 0 aliphatic carbocycles. The lowest BCUT2D eigenvalue weighted by atomic mass is 10.0. The molecule has 1 aliphatic heterocycles. The number of aromatic nitrogens is 1. The van der Waals surface area contributed by atoms with Crippen LogP contribution in [0.2, 0.25) is 0 Å². The first kappa shape index (κ1) is 12.9. The second kappa shape index (κ2) is 6.39. The minimum absolute atomic E-state index is 0.0869. The largest absolute Gasteiger partial charge is 0.396 e. The Kier molecular flexibility index (Phi) is 4.58. The van der Waals surface area contributed by atoms with Crippen LogP contribution in [0, 0.1) is 0 Å². The van der Waals surface area contributed by atoms with E-state index in [1.807, 2.05) is 4.90 Å². The number of nitrogens with zero attached hydrogens (tertiary/aromatic N) is 2. The molecule has 1 aromatic heterocycles. The summed E-state index contributed by atoms with van der Waals surface area (Å²) in [5.74, 6) is 0. The van der Waals surface area contributed by atoms with Gasteiger partial charge in [0.2, 0.25) is 0 Å². The van der Waals surface area contributed by atoms with Crippen LogP contribution in [0.15, 0.2) is 16.9 Å². The Morgan fingerprint density at radius 3 is 3.22 bits per heavy atom. The number of likely N-dealkylation sites (tertiary alicyclic amines) is 1.